The molecule has 0 aromatic heterocycles. The first-order valence-electron chi connectivity index (χ1n) is 5.37. The normalized spacial score (nSPS) is 19.0. The number of primary amides is 1. The van der Waals surface area contributed by atoms with E-state index in [9.17, 15) is 4.79 Å². The lowest BCUT2D eigenvalue weighted by Gasteiger charge is -2.18. The van der Waals surface area contributed by atoms with Crippen LogP contribution < -0.4 is 10.6 Å². The van der Waals surface area contributed by atoms with Crippen molar-refractivity contribution < 1.29 is 4.79 Å². The number of fused-ring (bicyclic) bond motifs is 1. The topological polar surface area (TPSA) is 46.3 Å². The minimum atomic E-state index is -0.221. The van der Waals surface area contributed by atoms with Crippen LogP contribution in [0.25, 0.3) is 0 Å². The van der Waals surface area contributed by atoms with E-state index in [1.165, 1.54) is 5.69 Å². The van der Waals surface area contributed by atoms with Gasteiger partial charge in [-0.1, -0.05) is 25.1 Å². The fraction of sp³-hybridized carbons (Fsp3) is 0.417. The van der Waals surface area contributed by atoms with Crippen molar-refractivity contribution in [3.8, 4) is 0 Å². The summed E-state index contributed by atoms with van der Waals surface area (Å²) in [6, 6.07) is 8.03. The Balaban J connectivity index is 2.35. The fourth-order valence-corrected chi connectivity index (χ4v) is 2.21. The van der Waals surface area contributed by atoms with Crippen LogP contribution in [-0.2, 0) is 4.79 Å². The molecule has 0 fully saturated rings. The van der Waals surface area contributed by atoms with Crippen molar-refractivity contribution in [3.63, 3.8) is 0 Å². The zero-order valence-corrected chi connectivity index (χ0v) is 8.94. The third-order valence-corrected chi connectivity index (χ3v) is 2.89. The van der Waals surface area contributed by atoms with Gasteiger partial charge in [-0.15, -0.1) is 0 Å². The van der Waals surface area contributed by atoms with Crippen molar-refractivity contribution in [2.45, 2.75) is 19.3 Å². The highest BCUT2D eigenvalue weighted by Gasteiger charge is 2.31. The highest BCUT2D eigenvalue weighted by Crippen LogP contribution is 2.35. The molecular formula is C12H16N2O. The molecule has 1 amide bonds. The summed E-state index contributed by atoms with van der Waals surface area (Å²) in [5.74, 6) is -0.353. The van der Waals surface area contributed by atoms with Gasteiger partial charge >= 0.3 is 0 Å². The molecule has 2 rings (SSSR count). The Morgan fingerprint density at radius 2 is 2.27 bits per heavy atom. The van der Waals surface area contributed by atoms with Crippen molar-refractivity contribution in [2.24, 2.45) is 5.73 Å². The predicted octanol–water partition coefficient (Wildman–Crippen LogP) is 1.49. The Morgan fingerprint density at radius 3 is 2.93 bits per heavy atom. The highest BCUT2D eigenvalue weighted by molar-refractivity contribution is 5.87. The van der Waals surface area contributed by atoms with Crippen LogP contribution in [0.5, 0.6) is 0 Å². The van der Waals surface area contributed by atoms with E-state index in [0.717, 1.165) is 25.1 Å². The van der Waals surface area contributed by atoms with Gasteiger partial charge in [0.15, 0.2) is 0 Å². The van der Waals surface area contributed by atoms with Crippen molar-refractivity contribution >= 4 is 11.6 Å². The quantitative estimate of drug-likeness (QED) is 0.810. The van der Waals surface area contributed by atoms with Crippen molar-refractivity contribution in [3.05, 3.63) is 29.8 Å². The average molecular weight is 204 g/mol. The summed E-state index contributed by atoms with van der Waals surface area (Å²) < 4.78 is 0. The molecule has 80 valence electrons. The number of rotatable bonds is 3. The second-order valence-electron chi connectivity index (χ2n) is 3.96. The van der Waals surface area contributed by atoms with Crippen LogP contribution in [0.2, 0.25) is 0 Å². The van der Waals surface area contributed by atoms with Crippen LogP contribution >= 0.6 is 0 Å². The molecule has 1 atom stereocenters. The molecule has 0 bridgehead atoms. The first-order valence-corrected chi connectivity index (χ1v) is 5.37. The molecule has 1 aromatic rings. The Bertz CT molecular complexity index is 376. The molecule has 1 unspecified atom stereocenters. The van der Waals surface area contributed by atoms with Crippen LogP contribution in [0.15, 0.2) is 24.3 Å². The molecule has 1 aliphatic rings. The predicted molar refractivity (Wildman–Crippen MR) is 60.9 cm³/mol. The Labute approximate surface area is 89.9 Å². The fourth-order valence-electron chi connectivity index (χ4n) is 2.21. The van der Waals surface area contributed by atoms with Crippen LogP contribution in [-0.4, -0.2) is 19.0 Å². The standard InChI is InChI=1S/C12H16N2O/c1-2-7-14-8-10(12(13)15)9-5-3-4-6-11(9)14/h3-6,10H,2,7-8H2,1H3,(H2,13,15). The molecule has 15 heavy (non-hydrogen) atoms. The number of carbonyl (C=O) groups excluding carboxylic acids is 1. The van der Waals surface area contributed by atoms with Gasteiger partial charge in [0.2, 0.25) is 5.91 Å². The third kappa shape index (κ3) is 1.69. The summed E-state index contributed by atoms with van der Waals surface area (Å²) in [4.78, 5) is 13.6. The number of hydrogen-bond donors (Lipinski definition) is 1. The molecule has 3 heteroatoms. The molecule has 0 saturated carbocycles. The van der Waals surface area contributed by atoms with Crippen molar-refractivity contribution in [1.29, 1.82) is 0 Å². The van der Waals surface area contributed by atoms with E-state index in [1.807, 2.05) is 18.2 Å². The van der Waals surface area contributed by atoms with E-state index < -0.39 is 0 Å². The monoisotopic (exact) mass is 204 g/mol. The molecular weight excluding hydrogens is 188 g/mol. The van der Waals surface area contributed by atoms with Gasteiger partial charge in [0.1, 0.15) is 0 Å². The number of benzene rings is 1. The number of anilines is 1. The van der Waals surface area contributed by atoms with Crippen LogP contribution in [0.1, 0.15) is 24.8 Å². The zero-order valence-electron chi connectivity index (χ0n) is 8.94. The van der Waals surface area contributed by atoms with Gasteiger partial charge in [-0.2, -0.15) is 0 Å². The molecule has 2 N–H and O–H groups in total. The Kier molecular flexibility index (Phi) is 2.62. The number of nitrogens with two attached hydrogens (primary N) is 1. The van der Waals surface area contributed by atoms with E-state index in [-0.39, 0.29) is 11.8 Å². The molecule has 3 nitrogen and oxygen atoms in total. The summed E-state index contributed by atoms with van der Waals surface area (Å²) in [5.41, 5.74) is 7.66. The smallest absolute Gasteiger partial charge is 0.226 e. The van der Waals surface area contributed by atoms with Crippen LogP contribution in [0, 0.1) is 0 Å². The van der Waals surface area contributed by atoms with Gasteiger partial charge in [-0.05, 0) is 18.1 Å². The lowest BCUT2D eigenvalue weighted by Crippen LogP contribution is -2.28. The summed E-state index contributed by atoms with van der Waals surface area (Å²) in [7, 11) is 0. The first-order chi connectivity index (χ1) is 7.24. The van der Waals surface area contributed by atoms with Gasteiger partial charge in [0, 0.05) is 18.8 Å². The number of hydrogen-bond acceptors (Lipinski definition) is 2. The summed E-state index contributed by atoms with van der Waals surface area (Å²) in [5, 5.41) is 0. The van der Waals surface area contributed by atoms with Gasteiger partial charge in [0.25, 0.3) is 0 Å². The number of para-hydroxylation sites is 1. The summed E-state index contributed by atoms with van der Waals surface area (Å²) >= 11 is 0. The molecule has 0 saturated heterocycles. The van der Waals surface area contributed by atoms with Crippen LogP contribution in [0.3, 0.4) is 0 Å². The second-order valence-corrected chi connectivity index (χ2v) is 3.96. The first kappa shape index (κ1) is 10.0. The number of amides is 1. The highest BCUT2D eigenvalue weighted by atomic mass is 16.1. The molecule has 1 aliphatic heterocycles. The molecule has 0 spiro atoms. The van der Waals surface area contributed by atoms with Crippen molar-refractivity contribution in [1.82, 2.24) is 0 Å². The second kappa shape index (κ2) is 3.93. The van der Waals surface area contributed by atoms with E-state index in [2.05, 4.69) is 17.9 Å². The van der Waals surface area contributed by atoms with Gasteiger partial charge in [-0.25, -0.2) is 0 Å². The summed E-state index contributed by atoms with van der Waals surface area (Å²) in [6.07, 6.45) is 1.08. The third-order valence-electron chi connectivity index (χ3n) is 2.89. The maximum Gasteiger partial charge on any atom is 0.226 e. The number of carbonyl (C=O) groups is 1. The molecule has 1 aromatic carbocycles. The lowest BCUT2D eigenvalue weighted by atomic mass is 10.0. The van der Waals surface area contributed by atoms with E-state index in [1.54, 1.807) is 0 Å². The lowest BCUT2D eigenvalue weighted by molar-refractivity contribution is -0.119. The number of nitrogens with zero attached hydrogens (tertiary/aromatic N) is 1. The average Bonchev–Trinajstić information content (AvgIpc) is 2.59. The Morgan fingerprint density at radius 1 is 1.53 bits per heavy atom. The maximum absolute atomic E-state index is 11.3. The maximum atomic E-state index is 11.3. The molecule has 0 aliphatic carbocycles. The van der Waals surface area contributed by atoms with Crippen molar-refractivity contribution in [2.75, 3.05) is 18.0 Å². The minimum Gasteiger partial charge on any atom is -0.370 e. The molecule has 1 heterocycles. The van der Waals surface area contributed by atoms with Gasteiger partial charge in [-0.3, -0.25) is 4.79 Å². The Hall–Kier alpha value is -1.51. The van der Waals surface area contributed by atoms with Gasteiger partial charge < -0.3 is 10.6 Å². The molecule has 0 radical (unpaired) electrons. The van der Waals surface area contributed by atoms with Gasteiger partial charge in [0.05, 0.1) is 5.92 Å². The largest absolute Gasteiger partial charge is 0.370 e. The zero-order chi connectivity index (χ0) is 10.8. The van der Waals surface area contributed by atoms with E-state index in [4.69, 9.17) is 5.73 Å². The summed E-state index contributed by atoms with van der Waals surface area (Å²) in [6.45, 7) is 3.86. The van der Waals surface area contributed by atoms with E-state index in [0.29, 0.717) is 0 Å². The SMILES string of the molecule is CCCN1CC(C(N)=O)c2ccccc21. The van der Waals surface area contributed by atoms with Crippen LogP contribution in [0.4, 0.5) is 5.69 Å². The minimum absolute atomic E-state index is 0.132. The van der Waals surface area contributed by atoms with E-state index >= 15 is 0 Å².